The fourth-order valence-electron chi connectivity index (χ4n) is 1.18. The van der Waals surface area contributed by atoms with Crippen LogP contribution < -0.4 is 0 Å². The molecule has 0 heterocycles. The van der Waals surface area contributed by atoms with Gasteiger partial charge in [-0.25, -0.2) is 0 Å². The average molecular weight is 193 g/mol. The third-order valence-corrected chi connectivity index (χ3v) is 2.13. The zero-order chi connectivity index (χ0) is 11.5. The third kappa shape index (κ3) is 3.82. The Morgan fingerprint density at radius 3 is 1.71 bits per heavy atom. The lowest BCUT2D eigenvalue weighted by Crippen LogP contribution is -2.35. The van der Waals surface area contributed by atoms with Crippen LogP contribution >= 0.6 is 0 Å². The van der Waals surface area contributed by atoms with Gasteiger partial charge in [0, 0.05) is 17.4 Å². The second-order valence-electron chi connectivity index (χ2n) is 4.87. The van der Waals surface area contributed by atoms with E-state index in [9.17, 15) is 0 Å². The smallest absolute Gasteiger partial charge is 0.0358 e. The molecule has 0 unspecified atom stereocenters. The summed E-state index contributed by atoms with van der Waals surface area (Å²) in [5.41, 5.74) is 3.42. The van der Waals surface area contributed by atoms with Crippen molar-refractivity contribution in [3.8, 4) is 0 Å². The summed E-state index contributed by atoms with van der Waals surface area (Å²) in [6.07, 6.45) is 2.12. The molecule has 0 saturated heterocycles. The van der Waals surface area contributed by atoms with Gasteiger partial charge in [0.15, 0.2) is 0 Å². The third-order valence-electron chi connectivity index (χ3n) is 2.13. The Morgan fingerprint density at radius 2 is 1.50 bits per heavy atom. The molecule has 1 nitrogen and oxygen atoms in total. The predicted octanol–water partition coefficient (Wildman–Crippen LogP) is 4.10. The number of nitrogens with zero attached hydrogens (tertiary/aromatic N) is 1. The van der Waals surface area contributed by atoms with Crippen LogP contribution in [0.25, 0.3) is 0 Å². The van der Waals surface area contributed by atoms with Crippen LogP contribution in [0.15, 0.2) is 36.2 Å². The summed E-state index contributed by atoms with van der Waals surface area (Å²) in [5.74, 6) is 0. The highest BCUT2D eigenvalue weighted by atomic mass is 15.2. The van der Waals surface area contributed by atoms with Gasteiger partial charge < -0.3 is 4.90 Å². The molecule has 80 valence electrons. The SMILES string of the molecule is C=C(C)/C(C)=C\N(C(=C)C)C(C)(C)C. The molecule has 0 atom stereocenters. The van der Waals surface area contributed by atoms with Gasteiger partial charge in [-0.3, -0.25) is 0 Å². The van der Waals surface area contributed by atoms with E-state index in [0.29, 0.717) is 0 Å². The number of hydrogen-bond acceptors (Lipinski definition) is 1. The molecule has 0 aliphatic heterocycles. The van der Waals surface area contributed by atoms with E-state index in [0.717, 1.165) is 11.3 Å². The normalized spacial score (nSPS) is 12.6. The molecule has 0 aromatic heterocycles. The first-order chi connectivity index (χ1) is 6.16. The molecule has 0 aromatic carbocycles. The summed E-state index contributed by atoms with van der Waals surface area (Å²) in [6.45, 7) is 20.5. The van der Waals surface area contributed by atoms with Crippen molar-refractivity contribution in [1.29, 1.82) is 0 Å². The van der Waals surface area contributed by atoms with Crippen LogP contribution in [0.5, 0.6) is 0 Å². The zero-order valence-electron chi connectivity index (χ0n) is 10.4. The second kappa shape index (κ2) is 4.50. The Morgan fingerprint density at radius 1 is 1.07 bits per heavy atom. The molecule has 0 aliphatic carbocycles. The summed E-state index contributed by atoms with van der Waals surface area (Å²) in [7, 11) is 0. The van der Waals surface area contributed by atoms with Gasteiger partial charge in [0.2, 0.25) is 0 Å². The average Bonchev–Trinajstić information content (AvgIpc) is 1.96. The molecule has 1 heteroatoms. The van der Waals surface area contributed by atoms with Gasteiger partial charge in [-0.05, 0) is 47.1 Å². The topological polar surface area (TPSA) is 3.24 Å². The molecule has 0 rings (SSSR count). The maximum absolute atomic E-state index is 3.99. The molecule has 0 spiro atoms. The van der Waals surface area contributed by atoms with Crippen LogP contribution in [0.1, 0.15) is 41.5 Å². The first-order valence-corrected chi connectivity index (χ1v) is 4.95. The highest BCUT2D eigenvalue weighted by molar-refractivity contribution is 5.25. The molecule has 14 heavy (non-hydrogen) atoms. The minimum atomic E-state index is 0.0720. The van der Waals surface area contributed by atoms with E-state index in [2.05, 4.69) is 52.0 Å². The lowest BCUT2D eigenvalue weighted by Gasteiger charge is -2.35. The van der Waals surface area contributed by atoms with Crippen LogP contribution in [-0.2, 0) is 0 Å². The molecule has 0 bridgehead atoms. The lowest BCUT2D eigenvalue weighted by molar-refractivity contribution is 0.258. The molecule has 0 N–H and O–H groups in total. The number of allylic oxidation sites excluding steroid dienone is 3. The predicted molar refractivity (Wildman–Crippen MR) is 65.0 cm³/mol. The second-order valence-corrected chi connectivity index (χ2v) is 4.87. The molecule has 0 aromatic rings. The minimum absolute atomic E-state index is 0.0720. The highest BCUT2D eigenvalue weighted by Gasteiger charge is 2.18. The molecular formula is C13H23N. The van der Waals surface area contributed by atoms with Gasteiger partial charge in [0.25, 0.3) is 0 Å². The van der Waals surface area contributed by atoms with Gasteiger partial charge in [-0.2, -0.15) is 0 Å². The molecule has 0 aliphatic rings. The minimum Gasteiger partial charge on any atom is -0.347 e. The van der Waals surface area contributed by atoms with Crippen molar-refractivity contribution in [2.45, 2.75) is 47.1 Å². The van der Waals surface area contributed by atoms with Crippen LogP contribution in [-0.4, -0.2) is 10.4 Å². The fourth-order valence-corrected chi connectivity index (χ4v) is 1.18. The monoisotopic (exact) mass is 193 g/mol. The molecule has 0 fully saturated rings. The summed E-state index contributed by atoms with van der Waals surface area (Å²) in [6, 6.07) is 0. The maximum atomic E-state index is 3.99. The van der Waals surface area contributed by atoms with Crippen LogP contribution in [0.4, 0.5) is 0 Å². The Balaban J connectivity index is 4.98. The van der Waals surface area contributed by atoms with Crippen molar-refractivity contribution in [2.24, 2.45) is 0 Å². The number of hydrogen-bond donors (Lipinski definition) is 0. The first kappa shape index (κ1) is 13.0. The largest absolute Gasteiger partial charge is 0.347 e. The van der Waals surface area contributed by atoms with Crippen molar-refractivity contribution in [3.63, 3.8) is 0 Å². The van der Waals surface area contributed by atoms with Crippen molar-refractivity contribution in [3.05, 3.63) is 36.2 Å². The van der Waals surface area contributed by atoms with E-state index in [1.165, 1.54) is 5.57 Å². The summed E-state index contributed by atoms with van der Waals surface area (Å²) >= 11 is 0. The van der Waals surface area contributed by atoms with Crippen molar-refractivity contribution < 1.29 is 0 Å². The van der Waals surface area contributed by atoms with Crippen molar-refractivity contribution >= 4 is 0 Å². The van der Waals surface area contributed by atoms with E-state index in [-0.39, 0.29) is 5.54 Å². The van der Waals surface area contributed by atoms with E-state index >= 15 is 0 Å². The Hall–Kier alpha value is -0.980. The molecule has 0 saturated carbocycles. The van der Waals surface area contributed by atoms with Gasteiger partial charge >= 0.3 is 0 Å². The van der Waals surface area contributed by atoms with Gasteiger partial charge in [-0.15, -0.1) is 0 Å². The zero-order valence-corrected chi connectivity index (χ0v) is 10.4. The number of rotatable bonds is 3. The summed E-state index contributed by atoms with van der Waals surface area (Å²) in [5, 5.41) is 0. The van der Waals surface area contributed by atoms with E-state index in [4.69, 9.17) is 0 Å². The van der Waals surface area contributed by atoms with Crippen LogP contribution in [0, 0.1) is 0 Å². The van der Waals surface area contributed by atoms with E-state index in [1.54, 1.807) is 0 Å². The quantitative estimate of drug-likeness (QED) is 0.610. The standard InChI is InChI=1S/C13H23N/c1-10(2)12(5)9-14(11(3)4)13(6,7)8/h9H,1,3H2,2,4-8H3/b12-9-. The summed E-state index contributed by atoms with van der Waals surface area (Å²) < 4.78 is 0. The Bertz CT molecular complexity index is 263. The molecule has 0 radical (unpaired) electrons. The van der Waals surface area contributed by atoms with E-state index in [1.807, 2.05) is 13.8 Å². The Labute approximate surface area is 88.8 Å². The highest BCUT2D eigenvalue weighted by Crippen LogP contribution is 2.21. The van der Waals surface area contributed by atoms with Crippen molar-refractivity contribution in [1.82, 2.24) is 4.90 Å². The molecular weight excluding hydrogens is 170 g/mol. The molecule has 0 amide bonds. The van der Waals surface area contributed by atoms with Gasteiger partial charge in [-0.1, -0.05) is 18.7 Å². The van der Waals surface area contributed by atoms with Gasteiger partial charge in [0.05, 0.1) is 0 Å². The van der Waals surface area contributed by atoms with Crippen LogP contribution in [0.2, 0.25) is 0 Å². The Kier molecular flexibility index (Phi) is 4.18. The van der Waals surface area contributed by atoms with Gasteiger partial charge in [0.1, 0.15) is 0 Å². The fraction of sp³-hybridized carbons (Fsp3) is 0.538. The first-order valence-electron chi connectivity index (χ1n) is 4.95. The lowest BCUT2D eigenvalue weighted by atomic mass is 10.0. The van der Waals surface area contributed by atoms with Crippen LogP contribution in [0.3, 0.4) is 0 Å². The van der Waals surface area contributed by atoms with Crippen molar-refractivity contribution in [2.75, 3.05) is 0 Å². The van der Waals surface area contributed by atoms with E-state index < -0.39 is 0 Å². The maximum Gasteiger partial charge on any atom is 0.0358 e. The summed E-state index contributed by atoms with van der Waals surface area (Å²) in [4.78, 5) is 2.18.